The van der Waals surface area contributed by atoms with E-state index in [0.29, 0.717) is 29.2 Å². The SMILES string of the molecule is Cc1sc2nc(CCC(=O)NCc3cnn(-c4ccc(Cl)cc4)c3)[nH]c(=O)c2c1C. The Bertz CT molecular complexity index is 1270. The number of amides is 1. The Morgan fingerprint density at radius 1 is 1.27 bits per heavy atom. The summed E-state index contributed by atoms with van der Waals surface area (Å²) in [5.41, 5.74) is 2.59. The fraction of sp³-hybridized carbons (Fsp3) is 0.238. The van der Waals surface area contributed by atoms with E-state index in [2.05, 4.69) is 20.4 Å². The standard InChI is InChI=1S/C21H20ClN5O2S/c1-12-13(2)30-21-19(12)20(29)25-17(26-21)7-8-18(28)23-9-14-10-24-27(11-14)16-5-3-15(22)4-6-16/h3-6,10-11H,7-9H2,1-2H3,(H,23,28)(H,25,26,29). The lowest BCUT2D eigenvalue weighted by Crippen LogP contribution is -2.23. The van der Waals surface area contributed by atoms with Gasteiger partial charge in [-0.25, -0.2) is 9.67 Å². The second-order valence-corrected chi connectivity index (χ2v) is 8.66. The molecule has 4 aromatic rings. The van der Waals surface area contributed by atoms with Crippen LogP contribution in [0.15, 0.2) is 41.5 Å². The van der Waals surface area contributed by atoms with Crippen molar-refractivity contribution in [3.63, 3.8) is 0 Å². The molecular weight excluding hydrogens is 422 g/mol. The van der Waals surface area contributed by atoms with Crippen LogP contribution in [0, 0.1) is 13.8 Å². The number of carbonyl (C=O) groups is 1. The van der Waals surface area contributed by atoms with Crippen molar-refractivity contribution in [2.24, 2.45) is 0 Å². The number of aryl methyl sites for hydroxylation is 3. The maximum atomic E-state index is 12.3. The zero-order chi connectivity index (χ0) is 21.3. The minimum atomic E-state index is -0.146. The number of halogens is 1. The molecule has 2 N–H and O–H groups in total. The lowest BCUT2D eigenvalue weighted by molar-refractivity contribution is -0.121. The number of carbonyl (C=O) groups excluding carboxylic acids is 1. The van der Waals surface area contributed by atoms with Crippen LogP contribution in [0.5, 0.6) is 0 Å². The van der Waals surface area contributed by atoms with Gasteiger partial charge in [-0.2, -0.15) is 5.10 Å². The summed E-state index contributed by atoms with van der Waals surface area (Å²) < 4.78 is 1.73. The van der Waals surface area contributed by atoms with Crippen molar-refractivity contribution in [1.29, 1.82) is 0 Å². The molecule has 0 spiro atoms. The average molecular weight is 442 g/mol. The van der Waals surface area contributed by atoms with Gasteiger partial charge in [0.25, 0.3) is 5.56 Å². The molecule has 154 valence electrons. The van der Waals surface area contributed by atoms with Crippen molar-refractivity contribution in [3.8, 4) is 5.69 Å². The maximum absolute atomic E-state index is 12.3. The molecule has 7 nitrogen and oxygen atoms in total. The van der Waals surface area contributed by atoms with Crippen molar-refractivity contribution in [2.75, 3.05) is 0 Å². The molecule has 0 radical (unpaired) electrons. The van der Waals surface area contributed by atoms with Crippen molar-refractivity contribution in [3.05, 3.63) is 73.9 Å². The Kier molecular flexibility index (Phi) is 5.69. The van der Waals surface area contributed by atoms with Crippen molar-refractivity contribution in [1.82, 2.24) is 25.1 Å². The summed E-state index contributed by atoms with van der Waals surface area (Å²) in [6.45, 7) is 4.27. The van der Waals surface area contributed by atoms with Crippen LogP contribution in [0.4, 0.5) is 0 Å². The summed E-state index contributed by atoms with van der Waals surface area (Å²) in [7, 11) is 0. The van der Waals surface area contributed by atoms with E-state index in [1.54, 1.807) is 23.0 Å². The molecule has 0 aliphatic heterocycles. The normalized spacial score (nSPS) is 11.2. The Morgan fingerprint density at radius 3 is 2.80 bits per heavy atom. The highest BCUT2D eigenvalue weighted by molar-refractivity contribution is 7.18. The van der Waals surface area contributed by atoms with E-state index in [9.17, 15) is 9.59 Å². The van der Waals surface area contributed by atoms with Crippen LogP contribution in [0.25, 0.3) is 15.9 Å². The van der Waals surface area contributed by atoms with Gasteiger partial charge in [-0.3, -0.25) is 9.59 Å². The van der Waals surface area contributed by atoms with Gasteiger partial charge < -0.3 is 10.3 Å². The molecule has 0 aliphatic rings. The maximum Gasteiger partial charge on any atom is 0.259 e. The van der Waals surface area contributed by atoms with E-state index < -0.39 is 0 Å². The lowest BCUT2D eigenvalue weighted by Gasteiger charge is -2.04. The number of aromatic nitrogens is 4. The number of hydrogen-bond acceptors (Lipinski definition) is 5. The molecule has 4 rings (SSSR count). The Balaban J connectivity index is 1.34. The van der Waals surface area contributed by atoms with E-state index >= 15 is 0 Å². The number of hydrogen-bond donors (Lipinski definition) is 2. The number of fused-ring (bicyclic) bond motifs is 1. The monoisotopic (exact) mass is 441 g/mol. The fourth-order valence-electron chi connectivity index (χ4n) is 3.13. The number of benzene rings is 1. The molecule has 0 saturated heterocycles. The third-order valence-corrected chi connectivity index (χ3v) is 6.25. The highest BCUT2D eigenvalue weighted by Crippen LogP contribution is 2.25. The van der Waals surface area contributed by atoms with Gasteiger partial charge in [-0.05, 0) is 43.7 Å². The fourth-order valence-corrected chi connectivity index (χ4v) is 4.30. The molecule has 1 aromatic carbocycles. The van der Waals surface area contributed by atoms with E-state index in [1.165, 1.54) is 11.3 Å². The number of aromatic amines is 1. The first-order chi connectivity index (χ1) is 14.4. The lowest BCUT2D eigenvalue weighted by atomic mass is 10.2. The second kappa shape index (κ2) is 8.41. The molecular formula is C21H20ClN5O2S. The minimum absolute atomic E-state index is 0.115. The second-order valence-electron chi connectivity index (χ2n) is 7.02. The van der Waals surface area contributed by atoms with Gasteiger partial charge >= 0.3 is 0 Å². The zero-order valence-corrected chi connectivity index (χ0v) is 18.1. The van der Waals surface area contributed by atoms with Crippen molar-refractivity contribution < 1.29 is 4.79 Å². The predicted octanol–water partition coefficient (Wildman–Crippen LogP) is 3.69. The molecule has 30 heavy (non-hydrogen) atoms. The van der Waals surface area contributed by atoms with Crippen molar-refractivity contribution in [2.45, 2.75) is 33.2 Å². The Hall–Kier alpha value is -2.97. The van der Waals surface area contributed by atoms with Crippen molar-refractivity contribution >= 4 is 39.1 Å². The van der Waals surface area contributed by atoms with Crippen LogP contribution in [-0.2, 0) is 17.8 Å². The van der Waals surface area contributed by atoms with Gasteiger partial charge in [-0.15, -0.1) is 11.3 Å². The Labute approximate surface area is 181 Å². The molecule has 0 unspecified atom stereocenters. The van der Waals surface area contributed by atoms with Gasteiger partial charge in [0.15, 0.2) is 0 Å². The molecule has 0 atom stereocenters. The third-order valence-electron chi connectivity index (χ3n) is 4.89. The Morgan fingerprint density at radius 2 is 2.03 bits per heavy atom. The first-order valence-electron chi connectivity index (χ1n) is 9.46. The summed E-state index contributed by atoms with van der Waals surface area (Å²) in [4.78, 5) is 33.7. The summed E-state index contributed by atoms with van der Waals surface area (Å²) in [6.07, 6.45) is 4.18. The number of rotatable bonds is 6. The molecule has 0 saturated carbocycles. The predicted molar refractivity (Wildman–Crippen MR) is 118 cm³/mol. The highest BCUT2D eigenvalue weighted by atomic mass is 35.5. The van der Waals surface area contributed by atoms with Gasteiger partial charge in [0.1, 0.15) is 10.7 Å². The summed E-state index contributed by atoms with van der Waals surface area (Å²) >= 11 is 7.41. The van der Waals surface area contributed by atoms with E-state index in [1.807, 2.05) is 32.2 Å². The van der Waals surface area contributed by atoms with Gasteiger partial charge in [0.2, 0.25) is 5.91 Å². The molecule has 0 bridgehead atoms. The van der Waals surface area contributed by atoms with Crippen LogP contribution in [-0.4, -0.2) is 25.7 Å². The summed E-state index contributed by atoms with van der Waals surface area (Å²) in [5.74, 6) is 0.412. The largest absolute Gasteiger partial charge is 0.352 e. The number of H-pyrrole nitrogens is 1. The molecule has 0 fully saturated rings. The number of thiophene rings is 1. The van der Waals surface area contributed by atoms with Gasteiger partial charge in [-0.1, -0.05) is 11.6 Å². The van der Waals surface area contributed by atoms with Crippen LogP contribution in [0.3, 0.4) is 0 Å². The number of nitrogens with one attached hydrogen (secondary N) is 2. The molecule has 3 aromatic heterocycles. The molecule has 9 heteroatoms. The number of nitrogens with zero attached hydrogens (tertiary/aromatic N) is 3. The van der Waals surface area contributed by atoms with Gasteiger partial charge in [0.05, 0.1) is 17.3 Å². The average Bonchev–Trinajstić information content (AvgIpc) is 3.30. The van der Waals surface area contributed by atoms with E-state index in [4.69, 9.17) is 11.6 Å². The molecule has 0 aliphatic carbocycles. The summed E-state index contributed by atoms with van der Waals surface area (Å²) in [6, 6.07) is 7.35. The topological polar surface area (TPSA) is 92.7 Å². The highest BCUT2D eigenvalue weighted by Gasteiger charge is 2.12. The quantitative estimate of drug-likeness (QED) is 0.477. The van der Waals surface area contributed by atoms with E-state index in [0.717, 1.165) is 26.5 Å². The van der Waals surface area contributed by atoms with Crippen LogP contribution in [0.2, 0.25) is 5.02 Å². The van der Waals surface area contributed by atoms with Crippen LogP contribution in [0.1, 0.15) is 28.2 Å². The smallest absolute Gasteiger partial charge is 0.259 e. The van der Waals surface area contributed by atoms with Crippen LogP contribution < -0.4 is 10.9 Å². The molecule has 1 amide bonds. The van der Waals surface area contributed by atoms with E-state index in [-0.39, 0.29) is 17.9 Å². The van der Waals surface area contributed by atoms with Gasteiger partial charge in [0, 0.05) is 41.0 Å². The summed E-state index contributed by atoms with van der Waals surface area (Å²) in [5, 5.41) is 8.49. The third kappa shape index (κ3) is 4.29. The first-order valence-corrected chi connectivity index (χ1v) is 10.7. The first kappa shape index (κ1) is 20.3. The minimum Gasteiger partial charge on any atom is -0.352 e. The molecule has 3 heterocycles. The zero-order valence-electron chi connectivity index (χ0n) is 16.5. The van der Waals surface area contributed by atoms with Crippen LogP contribution >= 0.6 is 22.9 Å².